The highest BCUT2D eigenvalue weighted by Crippen LogP contribution is 2.19. The van der Waals surface area contributed by atoms with Crippen LogP contribution in [0.1, 0.15) is 49.9 Å². The molecule has 0 atom stereocenters. The molecule has 0 radical (unpaired) electrons. The van der Waals surface area contributed by atoms with Crippen LogP contribution in [0.3, 0.4) is 0 Å². The third-order valence-corrected chi connectivity index (χ3v) is 3.81. The maximum Gasteiger partial charge on any atom is 0.221 e. The van der Waals surface area contributed by atoms with E-state index in [1.165, 1.54) is 31.3 Å². The maximum absolute atomic E-state index is 11.8. The van der Waals surface area contributed by atoms with Gasteiger partial charge in [-0.15, -0.1) is 0 Å². The van der Waals surface area contributed by atoms with Crippen molar-refractivity contribution in [1.29, 1.82) is 0 Å². The third kappa shape index (κ3) is 4.51. The highest BCUT2D eigenvalue weighted by Gasteiger charge is 2.07. The molecule has 20 heavy (non-hydrogen) atoms. The number of nitrogens with zero attached hydrogens (tertiary/aromatic N) is 2. The number of nitrogens with one attached hydrogen (secondary N) is 1. The molecule has 1 aromatic rings. The lowest BCUT2D eigenvalue weighted by molar-refractivity contribution is -0.121. The Labute approximate surface area is 121 Å². The molecule has 0 unspecified atom stereocenters. The summed E-state index contributed by atoms with van der Waals surface area (Å²) in [5, 5.41) is 7.37. The molecule has 0 bridgehead atoms. The minimum atomic E-state index is 0.119. The van der Waals surface area contributed by atoms with Crippen LogP contribution < -0.4 is 5.32 Å². The van der Waals surface area contributed by atoms with E-state index in [2.05, 4.69) is 16.5 Å². The number of hydrogen-bond donors (Lipinski definition) is 1. The zero-order valence-corrected chi connectivity index (χ0v) is 12.6. The fourth-order valence-electron chi connectivity index (χ4n) is 2.69. The van der Waals surface area contributed by atoms with Gasteiger partial charge in [-0.2, -0.15) is 5.10 Å². The molecule has 1 aliphatic carbocycles. The second kappa shape index (κ2) is 7.27. The average molecular weight is 275 g/mol. The van der Waals surface area contributed by atoms with E-state index in [0.717, 1.165) is 24.4 Å². The van der Waals surface area contributed by atoms with Crippen molar-refractivity contribution >= 4 is 5.91 Å². The van der Waals surface area contributed by atoms with E-state index in [-0.39, 0.29) is 5.91 Å². The number of allylic oxidation sites excluding steroid dienone is 1. The Bertz CT molecular complexity index is 488. The molecule has 1 aliphatic rings. The molecule has 1 heterocycles. The van der Waals surface area contributed by atoms with Crippen LogP contribution in [0.5, 0.6) is 0 Å². The van der Waals surface area contributed by atoms with Gasteiger partial charge >= 0.3 is 0 Å². The predicted molar refractivity (Wildman–Crippen MR) is 80.5 cm³/mol. The van der Waals surface area contributed by atoms with E-state index in [0.29, 0.717) is 13.0 Å². The molecule has 0 saturated heterocycles. The molecule has 4 nitrogen and oxygen atoms in total. The summed E-state index contributed by atoms with van der Waals surface area (Å²) in [5.74, 6) is 0.119. The van der Waals surface area contributed by atoms with Gasteiger partial charge in [-0.05, 0) is 52.0 Å². The van der Waals surface area contributed by atoms with Crippen LogP contribution in [0.15, 0.2) is 17.7 Å². The molecule has 1 amide bonds. The first kappa shape index (κ1) is 14.8. The summed E-state index contributed by atoms with van der Waals surface area (Å²) >= 11 is 0. The number of aromatic nitrogens is 2. The summed E-state index contributed by atoms with van der Waals surface area (Å²) in [7, 11) is 0. The van der Waals surface area contributed by atoms with E-state index in [1.54, 1.807) is 0 Å². The summed E-state index contributed by atoms with van der Waals surface area (Å²) in [6.07, 6.45) is 8.89. The van der Waals surface area contributed by atoms with Crippen LogP contribution >= 0.6 is 0 Å². The number of carbonyl (C=O) groups is 1. The van der Waals surface area contributed by atoms with E-state index in [9.17, 15) is 4.79 Å². The Balaban J connectivity index is 1.65. The van der Waals surface area contributed by atoms with Crippen molar-refractivity contribution in [1.82, 2.24) is 15.1 Å². The van der Waals surface area contributed by atoms with Gasteiger partial charge < -0.3 is 5.32 Å². The summed E-state index contributed by atoms with van der Waals surface area (Å²) in [6, 6.07) is 2.04. The second-order valence-corrected chi connectivity index (χ2v) is 5.61. The predicted octanol–water partition coefficient (Wildman–Crippen LogP) is 2.90. The zero-order valence-electron chi connectivity index (χ0n) is 12.6. The Kier molecular flexibility index (Phi) is 5.39. The summed E-state index contributed by atoms with van der Waals surface area (Å²) in [6.45, 7) is 5.42. The highest BCUT2D eigenvalue weighted by atomic mass is 16.1. The van der Waals surface area contributed by atoms with Gasteiger partial charge in [0, 0.05) is 25.2 Å². The third-order valence-electron chi connectivity index (χ3n) is 3.81. The minimum Gasteiger partial charge on any atom is -0.356 e. The zero-order chi connectivity index (χ0) is 14.4. The van der Waals surface area contributed by atoms with Gasteiger partial charge in [0.2, 0.25) is 5.91 Å². The molecule has 1 N–H and O–H groups in total. The highest BCUT2D eigenvalue weighted by molar-refractivity contribution is 5.75. The normalized spacial score (nSPS) is 15.0. The Hall–Kier alpha value is -1.58. The minimum absolute atomic E-state index is 0.119. The molecule has 0 fully saturated rings. The van der Waals surface area contributed by atoms with E-state index in [1.807, 2.05) is 24.6 Å². The summed E-state index contributed by atoms with van der Waals surface area (Å²) < 4.78 is 1.90. The average Bonchev–Trinajstić information content (AvgIpc) is 2.76. The van der Waals surface area contributed by atoms with Crippen LogP contribution in [0, 0.1) is 13.8 Å². The Morgan fingerprint density at radius 3 is 2.90 bits per heavy atom. The van der Waals surface area contributed by atoms with E-state index >= 15 is 0 Å². The molecule has 0 aliphatic heterocycles. The topological polar surface area (TPSA) is 46.9 Å². The fourth-order valence-corrected chi connectivity index (χ4v) is 2.69. The van der Waals surface area contributed by atoms with Crippen molar-refractivity contribution in [2.45, 2.75) is 58.9 Å². The number of hydrogen-bond acceptors (Lipinski definition) is 2. The van der Waals surface area contributed by atoms with Gasteiger partial charge in [-0.1, -0.05) is 11.6 Å². The van der Waals surface area contributed by atoms with Crippen molar-refractivity contribution in [2.24, 2.45) is 0 Å². The second-order valence-electron chi connectivity index (χ2n) is 5.61. The number of rotatable bonds is 6. The molecular weight excluding hydrogens is 250 g/mol. The molecule has 0 saturated carbocycles. The number of amides is 1. The quantitative estimate of drug-likeness (QED) is 0.811. The molecule has 1 aromatic heterocycles. The fraction of sp³-hybridized carbons (Fsp3) is 0.625. The van der Waals surface area contributed by atoms with Gasteiger partial charge in [-0.25, -0.2) is 0 Å². The monoisotopic (exact) mass is 275 g/mol. The van der Waals surface area contributed by atoms with Crippen molar-refractivity contribution in [3.05, 3.63) is 29.1 Å². The van der Waals surface area contributed by atoms with Gasteiger partial charge in [0.15, 0.2) is 0 Å². The van der Waals surface area contributed by atoms with Gasteiger partial charge in [0.1, 0.15) is 0 Å². The smallest absolute Gasteiger partial charge is 0.221 e. The van der Waals surface area contributed by atoms with Gasteiger partial charge in [0.25, 0.3) is 0 Å². The van der Waals surface area contributed by atoms with Crippen molar-refractivity contribution < 1.29 is 4.79 Å². The SMILES string of the molecule is Cc1cc(C)n(CCC(=O)NCCC2=CCCCC2)n1. The van der Waals surface area contributed by atoms with Gasteiger partial charge in [0.05, 0.1) is 5.69 Å². The first-order chi connectivity index (χ1) is 9.65. The number of carbonyl (C=O) groups excluding carboxylic acids is 1. The van der Waals surface area contributed by atoms with Crippen molar-refractivity contribution in [3.63, 3.8) is 0 Å². The molecule has 2 rings (SSSR count). The first-order valence-corrected chi connectivity index (χ1v) is 7.61. The molecule has 0 aromatic carbocycles. The van der Waals surface area contributed by atoms with Crippen LogP contribution in [0.4, 0.5) is 0 Å². The maximum atomic E-state index is 11.8. The van der Waals surface area contributed by atoms with Crippen molar-refractivity contribution in [3.8, 4) is 0 Å². The van der Waals surface area contributed by atoms with Crippen LogP contribution in [0.25, 0.3) is 0 Å². The lowest BCUT2D eigenvalue weighted by atomic mass is 9.97. The molecule has 0 spiro atoms. The van der Waals surface area contributed by atoms with E-state index in [4.69, 9.17) is 0 Å². The molecular formula is C16H25N3O. The largest absolute Gasteiger partial charge is 0.356 e. The van der Waals surface area contributed by atoms with E-state index < -0.39 is 0 Å². The Morgan fingerprint density at radius 2 is 2.25 bits per heavy atom. The lowest BCUT2D eigenvalue weighted by Crippen LogP contribution is -2.26. The van der Waals surface area contributed by atoms with Crippen molar-refractivity contribution in [2.75, 3.05) is 6.54 Å². The molecule has 4 heteroatoms. The van der Waals surface area contributed by atoms with Crippen LogP contribution in [0.2, 0.25) is 0 Å². The summed E-state index contributed by atoms with van der Waals surface area (Å²) in [4.78, 5) is 11.8. The first-order valence-electron chi connectivity index (χ1n) is 7.61. The Morgan fingerprint density at radius 1 is 1.40 bits per heavy atom. The summed E-state index contributed by atoms with van der Waals surface area (Å²) in [5.41, 5.74) is 3.63. The van der Waals surface area contributed by atoms with Crippen LogP contribution in [-0.2, 0) is 11.3 Å². The standard InChI is InChI=1S/C16H25N3O/c1-13-12-14(2)19(18-13)11-9-16(20)17-10-8-15-6-4-3-5-7-15/h6,12H,3-5,7-11H2,1-2H3,(H,17,20). The molecule has 110 valence electrons. The lowest BCUT2D eigenvalue weighted by Gasteiger charge is -2.13. The van der Waals surface area contributed by atoms with Crippen LogP contribution in [-0.4, -0.2) is 22.2 Å². The van der Waals surface area contributed by atoms with Gasteiger partial charge in [-0.3, -0.25) is 9.48 Å². The number of aryl methyl sites for hydroxylation is 3.